The Balaban J connectivity index is 2.41. The van der Waals surface area contributed by atoms with Gasteiger partial charge in [0.15, 0.2) is 0 Å². The van der Waals surface area contributed by atoms with Gasteiger partial charge in [0, 0.05) is 11.6 Å². The lowest BCUT2D eigenvalue weighted by atomic mass is 10.1. The van der Waals surface area contributed by atoms with Crippen LogP contribution in [0.25, 0.3) is 11.3 Å². The molecule has 0 aliphatic rings. The molecule has 0 amide bonds. The van der Waals surface area contributed by atoms with Gasteiger partial charge in [0.25, 0.3) is 0 Å². The summed E-state index contributed by atoms with van der Waals surface area (Å²) in [6.45, 7) is 0. The van der Waals surface area contributed by atoms with Gasteiger partial charge in [-0.1, -0.05) is 0 Å². The molecule has 0 atom stereocenters. The van der Waals surface area contributed by atoms with Crippen LogP contribution < -0.4 is 9.47 Å². The molecule has 1 aromatic heterocycles. The summed E-state index contributed by atoms with van der Waals surface area (Å²) in [6.07, 6.45) is 0. The summed E-state index contributed by atoms with van der Waals surface area (Å²) in [7, 11) is 3.06. The Labute approximate surface area is 98.7 Å². The summed E-state index contributed by atoms with van der Waals surface area (Å²) in [5.74, 6) is 0.640. The van der Waals surface area contributed by atoms with E-state index in [1.807, 2.05) is 24.3 Å². The van der Waals surface area contributed by atoms with E-state index in [-0.39, 0.29) is 11.9 Å². The van der Waals surface area contributed by atoms with E-state index < -0.39 is 0 Å². The fourth-order valence-electron chi connectivity index (χ4n) is 1.41. The average Bonchev–Trinajstić information content (AvgIpc) is 2.38. The Bertz CT molecular complexity index is 512. The van der Waals surface area contributed by atoms with Crippen molar-refractivity contribution in [2.75, 3.05) is 14.2 Å². The van der Waals surface area contributed by atoms with E-state index in [1.165, 1.54) is 13.2 Å². The highest BCUT2D eigenvalue weighted by Crippen LogP contribution is 2.24. The van der Waals surface area contributed by atoms with Crippen molar-refractivity contribution < 1.29 is 14.6 Å². The van der Waals surface area contributed by atoms with Gasteiger partial charge < -0.3 is 14.6 Å². The second-order valence-electron chi connectivity index (χ2n) is 3.33. The molecule has 0 saturated carbocycles. The molecule has 5 heteroatoms. The maximum Gasteiger partial charge on any atom is 0.320 e. The van der Waals surface area contributed by atoms with Gasteiger partial charge in [-0.2, -0.15) is 9.97 Å². The third-order valence-electron chi connectivity index (χ3n) is 2.26. The molecule has 1 heterocycles. The summed E-state index contributed by atoms with van der Waals surface area (Å²) >= 11 is 0. The molecule has 0 unspecified atom stereocenters. The van der Waals surface area contributed by atoms with Gasteiger partial charge in [0.05, 0.1) is 19.9 Å². The van der Waals surface area contributed by atoms with Crippen LogP contribution >= 0.6 is 0 Å². The van der Waals surface area contributed by atoms with Gasteiger partial charge in [-0.15, -0.1) is 0 Å². The van der Waals surface area contributed by atoms with Gasteiger partial charge in [0.1, 0.15) is 5.75 Å². The van der Waals surface area contributed by atoms with Crippen molar-refractivity contribution in [3.63, 3.8) is 0 Å². The number of hydrogen-bond acceptors (Lipinski definition) is 5. The highest BCUT2D eigenvalue weighted by molar-refractivity contribution is 5.61. The van der Waals surface area contributed by atoms with Crippen LogP contribution in [0.2, 0.25) is 0 Å². The van der Waals surface area contributed by atoms with Crippen molar-refractivity contribution in [2.45, 2.75) is 0 Å². The zero-order valence-corrected chi connectivity index (χ0v) is 9.54. The Morgan fingerprint density at radius 1 is 1.00 bits per heavy atom. The van der Waals surface area contributed by atoms with Crippen molar-refractivity contribution >= 4 is 0 Å². The summed E-state index contributed by atoms with van der Waals surface area (Å²) in [5, 5.41) is 9.43. The molecule has 17 heavy (non-hydrogen) atoms. The fourth-order valence-corrected chi connectivity index (χ4v) is 1.41. The highest BCUT2D eigenvalue weighted by Gasteiger charge is 2.06. The molecule has 0 bridgehead atoms. The second kappa shape index (κ2) is 4.69. The van der Waals surface area contributed by atoms with E-state index in [9.17, 15) is 5.11 Å². The van der Waals surface area contributed by atoms with E-state index in [2.05, 4.69) is 9.97 Å². The summed E-state index contributed by atoms with van der Waals surface area (Å²) in [5.41, 5.74) is 1.44. The third-order valence-corrected chi connectivity index (χ3v) is 2.26. The maximum absolute atomic E-state index is 9.43. The molecule has 1 N–H and O–H groups in total. The average molecular weight is 232 g/mol. The molecule has 88 valence electrons. The molecule has 2 rings (SSSR count). The molecule has 0 saturated heterocycles. The molecule has 1 aromatic carbocycles. The minimum Gasteiger partial charge on any atom is -0.497 e. The molecule has 2 aromatic rings. The van der Waals surface area contributed by atoms with E-state index in [4.69, 9.17) is 9.47 Å². The van der Waals surface area contributed by atoms with Gasteiger partial charge in [-0.3, -0.25) is 0 Å². The summed E-state index contributed by atoms with van der Waals surface area (Å²) in [6, 6.07) is 8.95. The number of nitrogens with zero attached hydrogens (tertiary/aromatic N) is 2. The Morgan fingerprint density at radius 3 is 2.29 bits per heavy atom. The number of aromatic nitrogens is 2. The van der Waals surface area contributed by atoms with Gasteiger partial charge in [-0.25, -0.2) is 0 Å². The smallest absolute Gasteiger partial charge is 0.320 e. The minimum absolute atomic E-state index is 0.123. The third kappa shape index (κ3) is 2.44. The first kappa shape index (κ1) is 11.2. The lowest BCUT2D eigenvalue weighted by Gasteiger charge is -2.05. The molecule has 0 fully saturated rings. The molecule has 0 aliphatic carbocycles. The van der Waals surface area contributed by atoms with Crippen molar-refractivity contribution in [2.24, 2.45) is 0 Å². The van der Waals surface area contributed by atoms with Crippen LogP contribution in [0.15, 0.2) is 30.3 Å². The van der Waals surface area contributed by atoms with Crippen LogP contribution in [0.3, 0.4) is 0 Å². The highest BCUT2D eigenvalue weighted by atomic mass is 16.5. The maximum atomic E-state index is 9.43. The Hall–Kier alpha value is -2.30. The molecule has 0 radical (unpaired) electrons. The van der Waals surface area contributed by atoms with Crippen LogP contribution in [0.5, 0.6) is 17.6 Å². The summed E-state index contributed by atoms with van der Waals surface area (Å²) < 4.78 is 9.96. The van der Waals surface area contributed by atoms with E-state index in [1.54, 1.807) is 7.11 Å². The van der Waals surface area contributed by atoms with Gasteiger partial charge in [-0.05, 0) is 24.3 Å². The number of hydrogen-bond donors (Lipinski definition) is 1. The van der Waals surface area contributed by atoms with Crippen LogP contribution in [0.1, 0.15) is 0 Å². The predicted molar refractivity (Wildman–Crippen MR) is 62.2 cm³/mol. The van der Waals surface area contributed by atoms with Crippen molar-refractivity contribution in [1.29, 1.82) is 0 Å². The molecular weight excluding hydrogens is 220 g/mol. The van der Waals surface area contributed by atoms with Crippen LogP contribution in [-0.2, 0) is 0 Å². The molecule has 0 aliphatic heterocycles. The fraction of sp³-hybridized carbons (Fsp3) is 0.167. The Kier molecular flexibility index (Phi) is 3.09. The predicted octanol–water partition coefficient (Wildman–Crippen LogP) is 1.87. The van der Waals surface area contributed by atoms with Gasteiger partial charge >= 0.3 is 6.01 Å². The van der Waals surface area contributed by atoms with Crippen molar-refractivity contribution in [1.82, 2.24) is 9.97 Å². The first-order chi connectivity index (χ1) is 8.22. The van der Waals surface area contributed by atoms with Crippen LogP contribution in [0, 0.1) is 0 Å². The van der Waals surface area contributed by atoms with E-state index in [0.29, 0.717) is 5.69 Å². The lowest BCUT2D eigenvalue weighted by molar-refractivity contribution is 0.364. The molecular formula is C12H12N2O3. The Morgan fingerprint density at radius 2 is 1.71 bits per heavy atom. The topological polar surface area (TPSA) is 64.5 Å². The zero-order valence-electron chi connectivity index (χ0n) is 9.54. The minimum atomic E-state index is -0.123. The number of benzene rings is 1. The second-order valence-corrected chi connectivity index (χ2v) is 3.33. The normalized spacial score (nSPS) is 10.0. The number of rotatable bonds is 3. The number of aromatic hydroxyl groups is 1. The number of ether oxygens (including phenoxy) is 2. The first-order valence-electron chi connectivity index (χ1n) is 4.99. The monoisotopic (exact) mass is 232 g/mol. The molecule has 0 spiro atoms. The zero-order chi connectivity index (χ0) is 12.3. The van der Waals surface area contributed by atoms with Crippen LogP contribution in [0.4, 0.5) is 0 Å². The van der Waals surface area contributed by atoms with Gasteiger partial charge in [0.2, 0.25) is 5.88 Å². The van der Waals surface area contributed by atoms with Crippen LogP contribution in [-0.4, -0.2) is 29.3 Å². The summed E-state index contributed by atoms with van der Waals surface area (Å²) in [4.78, 5) is 7.85. The molecule has 5 nitrogen and oxygen atoms in total. The van der Waals surface area contributed by atoms with E-state index in [0.717, 1.165) is 11.3 Å². The van der Waals surface area contributed by atoms with Crippen molar-refractivity contribution in [3.05, 3.63) is 30.3 Å². The lowest BCUT2D eigenvalue weighted by Crippen LogP contribution is -1.94. The standard InChI is InChI=1S/C12H12N2O3/c1-16-9-5-3-8(4-6-9)10-7-11(15)14-12(13-10)17-2/h3-7H,1-2H3,(H,13,14,15). The van der Waals surface area contributed by atoms with E-state index >= 15 is 0 Å². The quantitative estimate of drug-likeness (QED) is 0.875. The number of methoxy groups -OCH3 is 2. The largest absolute Gasteiger partial charge is 0.497 e. The SMILES string of the molecule is COc1ccc(-c2cc(O)nc(OC)n2)cc1. The first-order valence-corrected chi connectivity index (χ1v) is 4.99. The van der Waals surface area contributed by atoms with Crippen molar-refractivity contribution in [3.8, 4) is 28.9 Å².